The lowest BCUT2D eigenvalue weighted by Gasteiger charge is -2.05. The summed E-state index contributed by atoms with van der Waals surface area (Å²) in [4.78, 5) is 0. The molecule has 2 heteroatoms. The summed E-state index contributed by atoms with van der Waals surface area (Å²) in [6.45, 7) is 3.43. The molecule has 1 heterocycles. The van der Waals surface area contributed by atoms with Crippen LogP contribution in [0.1, 0.15) is 121 Å². The van der Waals surface area contributed by atoms with E-state index in [1.807, 2.05) is 0 Å². The number of imidazole rings is 1. The van der Waals surface area contributed by atoms with Crippen molar-refractivity contribution in [2.45, 2.75) is 129 Å². The largest absolute Gasteiger partial charge is 0.256 e. The number of hydrogen-bond acceptors (Lipinski definition) is 0. The van der Waals surface area contributed by atoms with Gasteiger partial charge >= 0.3 is 0 Å². The monoisotopic (exact) mass is 439 g/mol. The third-order valence-corrected chi connectivity index (χ3v) is 6.92. The molecule has 0 N–H and O–H groups in total. The van der Waals surface area contributed by atoms with Crippen molar-refractivity contribution in [3.63, 3.8) is 0 Å². The van der Waals surface area contributed by atoms with Crippen LogP contribution in [0.15, 0.2) is 42.7 Å². The molecule has 180 valence electrons. The fourth-order valence-electron chi connectivity index (χ4n) is 4.83. The molecule has 1 aromatic carbocycles. The topological polar surface area (TPSA) is 8.81 Å². The van der Waals surface area contributed by atoms with Crippen LogP contribution in [0.2, 0.25) is 0 Å². The maximum atomic E-state index is 2.48. The fraction of sp³-hybridized carbons (Fsp3) is 0.700. The highest BCUT2D eigenvalue weighted by molar-refractivity contribution is 5.14. The molecule has 0 aliphatic carbocycles. The number of rotatable bonds is 20. The molecule has 0 aliphatic rings. The normalized spacial score (nSPS) is 11.3. The molecule has 0 aliphatic heterocycles. The van der Waals surface area contributed by atoms with Gasteiger partial charge in [-0.3, -0.25) is 0 Å². The molecule has 0 amide bonds. The van der Waals surface area contributed by atoms with Gasteiger partial charge in [0, 0.05) is 6.42 Å². The van der Waals surface area contributed by atoms with Crippen LogP contribution in [-0.2, 0) is 26.4 Å². The van der Waals surface area contributed by atoms with E-state index in [4.69, 9.17) is 0 Å². The molecule has 0 atom stereocenters. The zero-order valence-corrected chi connectivity index (χ0v) is 21.4. The zero-order valence-electron chi connectivity index (χ0n) is 21.4. The second-order valence-electron chi connectivity index (χ2n) is 9.81. The average molecular weight is 440 g/mol. The van der Waals surface area contributed by atoms with Gasteiger partial charge in [-0.2, -0.15) is 0 Å². The quantitative estimate of drug-likeness (QED) is 0.145. The molecule has 0 unspecified atom stereocenters. The molecule has 32 heavy (non-hydrogen) atoms. The minimum absolute atomic E-state index is 1.13. The van der Waals surface area contributed by atoms with Gasteiger partial charge in [0.25, 0.3) is 5.82 Å². The van der Waals surface area contributed by atoms with Gasteiger partial charge in [-0.05, 0) is 24.8 Å². The van der Waals surface area contributed by atoms with Gasteiger partial charge in [-0.25, -0.2) is 9.13 Å². The van der Waals surface area contributed by atoms with E-state index in [0.29, 0.717) is 0 Å². The average Bonchev–Trinajstić information content (AvgIpc) is 3.16. The van der Waals surface area contributed by atoms with Crippen LogP contribution in [0.4, 0.5) is 0 Å². The van der Waals surface area contributed by atoms with E-state index in [1.165, 1.54) is 127 Å². The van der Waals surface area contributed by atoms with Crippen LogP contribution in [0.25, 0.3) is 0 Å². The van der Waals surface area contributed by atoms with Crippen molar-refractivity contribution in [1.29, 1.82) is 0 Å². The van der Waals surface area contributed by atoms with Crippen LogP contribution >= 0.6 is 0 Å². The third-order valence-electron chi connectivity index (χ3n) is 6.92. The second-order valence-corrected chi connectivity index (χ2v) is 9.81. The Balaban J connectivity index is 1.44. The number of aromatic nitrogens is 2. The lowest BCUT2D eigenvalue weighted by atomic mass is 10.0. The number of aryl methyl sites for hydroxylation is 3. The van der Waals surface area contributed by atoms with Crippen LogP contribution in [-0.4, -0.2) is 4.57 Å². The molecular weight excluding hydrogens is 388 g/mol. The van der Waals surface area contributed by atoms with Gasteiger partial charge in [0.05, 0.1) is 13.6 Å². The molecule has 0 bridgehead atoms. The molecule has 0 spiro atoms. The number of benzene rings is 1. The maximum Gasteiger partial charge on any atom is 0.256 e. The molecule has 2 nitrogen and oxygen atoms in total. The number of hydrogen-bond donors (Lipinski definition) is 0. The van der Waals surface area contributed by atoms with E-state index in [0.717, 1.165) is 6.54 Å². The van der Waals surface area contributed by atoms with Gasteiger partial charge in [0.15, 0.2) is 0 Å². The predicted octanol–water partition coefficient (Wildman–Crippen LogP) is 8.36. The lowest BCUT2D eigenvalue weighted by molar-refractivity contribution is -0.704. The SMILES string of the molecule is CCCCCCCCCCCCCCCCCc1n(C)cc[n+]1CCCc1ccccc1. The van der Waals surface area contributed by atoms with Crippen LogP contribution in [0.5, 0.6) is 0 Å². The van der Waals surface area contributed by atoms with Crippen LogP contribution < -0.4 is 4.57 Å². The first-order valence-corrected chi connectivity index (χ1v) is 13.9. The third kappa shape index (κ3) is 11.9. The van der Waals surface area contributed by atoms with Crippen molar-refractivity contribution in [3.05, 3.63) is 54.1 Å². The van der Waals surface area contributed by atoms with E-state index in [-0.39, 0.29) is 0 Å². The molecular formula is C30H51N2+. The number of nitrogens with zero attached hydrogens (tertiary/aromatic N) is 2. The highest BCUT2D eigenvalue weighted by atomic mass is 15.1. The summed E-state index contributed by atoms with van der Waals surface area (Å²) in [7, 11) is 2.20. The molecule has 0 fully saturated rings. The molecule has 0 saturated carbocycles. The Bertz CT molecular complexity index is 673. The Kier molecular flexibility index (Phi) is 14.9. The van der Waals surface area contributed by atoms with Crippen molar-refractivity contribution in [2.75, 3.05) is 0 Å². The first-order chi connectivity index (χ1) is 15.8. The Labute approximate surface area is 199 Å². The summed E-state index contributed by atoms with van der Waals surface area (Å²) in [5.41, 5.74) is 1.45. The highest BCUT2D eigenvalue weighted by Gasteiger charge is 2.13. The van der Waals surface area contributed by atoms with E-state index < -0.39 is 0 Å². The fourth-order valence-corrected chi connectivity index (χ4v) is 4.83. The second kappa shape index (κ2) is 17.9. The standard InChI is InChI=1S/C30H51N2/c1-3-4-5-6-7-8-9-10-11-12-13-14-15-16-20-25-30-31(2)27-28-32(30)26-21-24-29-22-18-17-19-23-29/h17-19,22-23,27-28H,3-16,20-21,24-26H2,1-2H3/q+1. The highest BCUT2D eigenvalue weighted by Crippen LogP contribution is 2.14. The van der Waals surface area contributed by atoms with Crippen LogP contribution in [0, 0.1) is 0 Å². The van der Waals surface area contributed by atoms with Crippen molar-refractivity contribution in [1.82, 2.24) is 4.57 Å². The Morgan fingerprint density at radius 1 is 0.625 bits per heavy atom. The van der Waals surface area contributed by atoms with Crippen molar-refractivity contribution >= 4 is 0 Å². The number of unbranched alkanes of at least 4 members (excludes halogenated alkanes) is 14. The van der Waals surface area contributed by atoms with Crippen molar-refractivity contribution in [2.24, 2.45) is 7.05 Å². The smallest absolute Gasteiger partial charge is 0.237 e. The first kappa shape index (κ1) is 26.7. The summed E-state index contributed by atoms with van der Waals surface area (Å²) in [6, 6.07) is 10.9. The Morgan fingerprint density at radius 3 is 1.72 bits per heavy atom. The van der Waals surface area contributed by atoms with Gasteiger partial charge in [0.1, 0.15) is 12.4 Å². The maximum absolute atomic E-state index is 2.48. The minimum atomic E-state index is 1.13. The Morgan fingerprint density at radius 2 is 1.16 bits per heavy atom. The summed E-state index contributed by atoms with van der Waals surface area (Å²) >= 11 is 0. The summed E-state index contributed by atoms with van der Waals surface area (Å²) in [5, 5.41) is 0. The van der Waals surface area contributed by atoms with Gasteiger partial charge in [-0.15, -0.1) is 0 Å². The van der Waals surface area contributed by atoms with Crippen molar-refractivity contribution in [3.8, 4) is 0 Å². The van der Waals surface area contributed by atoms with Crippen molar-refractivity contribution < 1.29 is 4.57 Å². The molecule has 2 rings (SSSR count). The van der Waals surface area contributed by atoms with Gasteiger partial charge in [-0.1, -0.05) is 127 Å². The molecule has 0 saturated heterocycles. The molecule has 0 radical (unpaired) electrons. The van der Waals surface area contributed by atoms with Gasteiger partial charge in [0.2, 0.25) is 0 Å². The zero-order chi connectivity index (χ0) is 22.7. The van der Waals surface area contributed by atoms with E-state index in [2.05, 4.69) is 65.8 Å². The summed E-state index contributed by atoms with van der Waals surface area (Å²) in [5.74, 6) is 1.49. The van der Waals surface area contributed by atoms with E-state index >= 15 is 0 Å². The minimum Gasteiger partial charge on any atom is -0.237 e. The lowest BCUT2D eigenvalue weighted by Crippen LogP contribution is -2.37. The summed E-state index contributed by atoms with van der Waals surface area (Å²) < 4.78 is 4.80. The predicted molar refractivity (Wildman–Crippen MR) is 139 cm³/mol. The van der Waals surface area contributed by atoms with Gasteiger partial charge < -0.3 is 0 Å². The first-order valence-electron chi connectivity index (χ1n) is 13.9. The molecule has 2 aromatic rings. The summed E-state index contributed by atoms with van der Waals surface area (Å²) in [6.07, 6.45) is 29.6. The Hall–Kier alpha value is -1.57. The van der Waals surface area contributed by atoms with E-state index in [1.54, 1.807) is 0 Å². The van der Waals surface area contributed by atoms with Crippen LogP contribution in [0.3, 0.4) is 0 Å². The molecule has 1 aromatic heterocycles. The van der Waals surface area contributed by atoms with E-state index in [9.17, 15) is 0 Å².